The Bertz CT molecular complexity index is 1340. The molecule has 2 aromatic carbocycles. The van der Waals surface area contributed by atoms with Crippen molar-refractivity contribution in [3.63, 3.8) is 0 Å². The molecule has 0 aliphatic carbocycles. The van der Waals surface area contributed by atoms with E-state index in [9.17, 15) is 18.0 Å². The molecule has 1 unspecified atom stereocenters. The van der Waals surface area contributed by atoms with Crippen LogP contribution >= 0.6 is 35.0 Å². The first kappa shape index (κ1) is 25.8. The van der Waals surface area contributed by atoms with Crippen LogP contribution in [-0.2, 0) is 19.4 Å². The summed E-state index contributed by atoms with van der Waals surface area (Å²) in [6.07, 6.45) is 2.05. The van der Waals surface area contributed by atoms with Crippen LogP contribution in [0.4, 0.5) is 5.69 Å². The molecule has 2 aliphatic rings. The van der Waals surface area contributed by atoms with E-state index in [0.717, 1.165) is 17.3 Å². The molecule has 0 bridgehead atoms. The van der Waals surface area contributed by atoms with E-state index in [1.807, 2.05) is 31.2 Å². The average molecular weight is 553 g/mol. The molecular formula is C24H23Cl2N3O4S2. The van der Waals surface area contributed by atoms with Gasteiger partial charge >= 0.3 is 0 Å². The number of carbonyl (C=O) groups excluding carboxylic acids is 2. The number of sulfone groups is 1. The molecule has 2 amide bonds. The van der Waals surface area contributed by atoms with E-state index in [0.29, 0.717) is 32.9 Å². The molecule has 0 radical (unpaired) electrons. The minimum Gasteiger partial charge on any atom is -0.341 e. The van der Waals surface area contributed by atoms with Crippen molar-refractivity contribution >= 4 is 73.5 Å². The summed E-state index contributed by atoms with van der Waals surface area (Å²) in [5.41, 5.74) is 2.54. The van der Waals surface area contributed by atoms with Crippen molar-refractivity contribution in [1.29, 1.82) is 0 Å². The molecule has 2 aliphatic heterocycles. The van der Waals surface area contributed by atoms with E-state index in [1.54, 1.807) is 31.3 Å². The zero-order chi connectivity index (χ0) is 25.3. The third kappa shape index (κ3) is 5.91. The predicted molar refractivity (Wildman–Crippen MR) is 143 cm³/mol. The van der Waals surface area contributed by atoms with Crippen LogP contribution in [0, 0.1) is 6.92 Å². The molecule has 0 aromatic heterocycles. The Kier molecular flexibility index (Phi) is 7.61. The third-order valence-corrected chi connectivity index (χ3v) is 9.26. The first-order valence-corrected chi connectivity index (χ1v) is 14.4. The number of carbonyl (C=O) groups is 2. The number of nitrogens with zero attached hydrogens (tertiary/aromatic N) is 3. The van der Waals surface area contributed by atoms with Gasteiger partial charge in [0.05, 0.1) is 33.0 Å². The van der Waals surface area contributed by atoms with Gasteiger partial charge in [-0.2, -0.15) is 0 Å². The van der Waals surface area contributed by atoms with Gasteiger partial charge in [0.25, 0.3) is 5.91 Å². The number of hydrogen-bond acceptors (Lipinski definition) is 6. The largest absolute Gasteiger partial charge is 0.341 e. The second-order valence-corrected chi connectivity index (χ2v) is 12.4. The summed E-state index contributed by atoms with van der Waals surface area (Å²) in [6, 6.07) is 12.1. The number of amides is 2. The van der Waals surface area contributed by atoms with Gasteiger partial charge in [0.15, 0.2) is 15.0 Å². The summed E-state index contributed by atoms with van der Waals surface area (Å²) in [6.45, 7) is 1.95. The standard InChI is InChI=1S/C24H23Cl2N3O4S2/c1-15-3-6-17(7-4-15)29-23(31)21(12-16-5-8-19(25)20(26)11-16)27-24(29)34-13-22(30)28(2)18-9-10-35(32,33)14-18/h3-8,11-12,18H,9-10,13-14H2,1-2H3/b21-12+. The number of halogens is 2. The Morgan fingerprint density at radius 1 is 1.20 bits per heavy atom. The second kappa shape index (κ2) is 10.3. The van der Waals surface area contributed by atoms with E-state index in [-0.39, 0.29) is 40.8 Å². The van der Waals surface area contributed by atoms with Gasteiger partial charge in [-0.25, -0.2) is 13.4 Å². The van der Waals surface area contributed by atoms with Crippen LogP contribution in [0.5, 0.6) is 0 Å². The van der Waals surface area contributed by atoms with Gasteiger partial charge in [0.1, 0.15) is 5.70 Å². The highest BCUT2D eigenvalue weighted by Crippen LogP contribution is 2.31. The topological polar surface area (TPSA) is 87.1 Å². The Labute approximate surface area is 218 Å². The van der Waals surface area contributed by atoms with E-state index in [4.69, 9.17) is 23.2 Å². The first-order valence-electron chi connectivity index (χ1n) is 10.8. The number of benzene rings is 2. The maximum atomic E-state index is 13.3. The molecule has 0 spiro atoms. The maximum Gasteiger partial charge on any atom is 0.283 e. The normalized spacial score (nSPS) is 20.4. The van der Waals surface area contributed by atoms with Crippen molar-refractivity contribution in [1.82, 2.24) is 4.90 Å². The Balaban J connectivity index is 1.58. The molecular weight excluding hydrogens is 529 g/mol. The van der Waals surface area contributed by atoms with Crippen LogP contribution in [-0.4, -0.2) is 60.6 Å². The number of hydrogen-bond donors (Lipinski definition) is 0. The summed E-state index contributed by atoms with van der Waals surface area (Å²) in [5.74, 6) is -0.469. The molecule has 1 atom stereocenters. The van der Waals surface area contributed by atoms with Gasteiger partial charge in [-0.05, 0) is 49.2 Å². The van der Waals surface area contributed by atoms with Crippen molar-refractivity contribution in [2.24, 2.45) is 4.99 Å². The quantitative estimate of drug-likeness (QED) is 0.513. The molecule has 7 nitrogen and oxygen atoms in total. The fourth-order valence-electron chi connectivity index (χ4n) is 3.79. The van der Waals surface area contributed by atoms with Crippen LogP contribution in [0.15, 0.2) is 53.2 Å². The molecule has 184 valence electrons. The lowest BCUT2D eigenvalue weighted by Gasteiger charge is -2.24. The summed E-state index contributed by atoms with van der Waals surface area (Å²) < 4.78 is 23.6. The SMILES string of the molecule is Cc1ccc(N2C(=O)/C(=C\c3ccc(Cl)c(Cl)c3)N=C2SCC(=O)N(C)C2CCS(=O)(=O)C2)cc1. The molecule has 0 saturated carbocycles. The molecule has 1 saturated heterocycles. The lowest BCUT2D eigenvalue weighted by molar-refractivity contribution is -0.128. The van der Waals surface area contributed by atoms with E-state index in [1.165, 1.54) is 9.80 Å². The molecule has 1 fully saturated rings. The minimum absolute atomic E-state index is 0.0155. The van der Waals surface area contributed by atoms with Gasteiger partial charge in [-0.1, -0.05) is 58.7 Å². The van der Waals surface area contributed by atoms with Crippen molar-refractivity contribution in [2.75, 3.05) is 29.2 Å². The molecule has 2 aromatic rings. The highest BCUT2D eigenvalue weighted by Gasteiger charge is 2.35. The zero-order valence-corrected chi connectivity index (χ0v) is 22.2. The molecule has 2 heterocycles. The molecule has 35 heavy (non-hydrogen) atoms. The Morgan fingerprint density at radius 3 is 2.54 bits per heavy atom. The monoisotopic (exact) mass is 551 g/mol. The van der Waals surface area contributed by atoms with Crippen LogP contribution in [0.2, 0.25) is 10.0 Å². The summed E-state index contributed by atoms with van der Waals surface area (Å²) in [4.78, 5) is 33.6. The highest BCUT2D eigenvalue weighted by molar-refractivity contribution is 8.14. The molecule has 11 heteroatoms. The smallest absolute Gasteiger partial charge is 0.283 e. The van der Waals surface area contributed by atoms with E-state index >= 15 is 0 Å². The number of aliphatic imine (C=N–C) groups is 1. The van der Waals surface area contributed by atoms with Crippen molar-refractivity contribution in [3.8, 4) is 0 Å². The van der Waals surface area contributed by atoms with Crippen molar-refractivity contribution in [2.45, 2.75) is 19.4 Å². The van der Waals surface area contributed by atoms with E-state index in [2.05, 4.69) is 4.99 Å². The van der Waals surface area contributed by atoms with E-state index < -0.39 is 9.84 Å². The third-order valence-electron chi connectivity index (χ3n) is 5.84. The lowest BCUT2D eigenvalue weighted by Crippen LogP contribution is -2.39. The van der Waals surface area contributed by atoms with Gasteiger partial charge in [-0.3, -0.25) is 14.5 Å². The zero-order valence-electron chi connectivity index (χ0n) is 19.1. The maximum absolute atomic E-state index is 13.3. The van der Waals surface area contributed by atoms with Crippen molar-refractivity contribution < 1.29 is 18.0 Å². The summed E-state index contributed by atoms with van der Waals surface area (Å²) >= 11 is 13.2. The number of anilines is 1. The number of aryl methyl sites for hydroxylation is 1. The van der Waals surface area contributed by atoms with Crippen molar-refractivity contribution in [3.05, 3.63) is 69.3 Å². The molecule has 0 N–H and O–H groups in total. The Hall–Kier alpha value is -2.33. The average Bonchev–Trinajstić information content (AvgIpc) is 3.33. The van der Waals surface area contributed by atoms with Crippen LogP contribution < -0.4 is 4.90 Å². The minimum atomic E-state index is -3.11. The number of amidine groups is 1. The highest BCUT2D eigenvalue weighted by atomic mass is 35.5. The predicted octanol–water partition coefficient (Wildman–Crippen LogP) is 4.42. The van der Waals surface area contributed by atoms with Gasteiger partial charge in [0, 0.05) is 13.1 Å². The first-order chi connectivity index (χ1) is 16.5. The van der Waals surface area contributed by atoms with Gasteiger partial charge in [0.2, 0.25) is 5.91 Å². The van der Waals surface area contributed by atoms with Crippen LogP contribution in [0.3, 0.4) is 0 Å². The number of rotatable bonds is 5. The van der Waals surface area contributed by atoms with Gasteiger partial charge in [-0.15, -0.1) is 0 Å². The fraction of sp³-hybridized carbons (Fsp3) is 0.292. The Morgan fingerprint density at radius 2 is 1.91 bits per heavy atom. The second-order valence-electron chi connectivity index (χ2n) is 8.42. The molecule has 4 rings (SSSR count). The fourth-order valence-corrected chi connectivity index (χ4v) is 6.80. The number of thioether (sulfide) groups is 1. The summed E-state index contributed by atoms with van der Waals surface area (Å²) in [5, 5.41) is 1.14. The summed E-state index contributed by atoms with van der Waals surface area (Å²) in [7, 11) is -1.49. The van der Waals surface area contributed by atoms with Crippen LogP contribution in [0.1, 0.15) is 17.5 Å². The lowest BCUT2D eigenvalue weighted by atomic mass is 10.2. The van der Waals surface area contributed by atoms with Gasteiger partial charge < -0.3 is 4.90 Å². The van der Waals surface area contributed by atoms with Crippen LogP contribution in [0.25, 0.3) is 6.08 Å².